The molecule has 0 bridgehead atoms. The van der Waals surface area contributed by atoms with E-state index in [1.54, 1.807) is 13.2 Å². The molecule has 0 radical (unpaired) electrons. The van der Waals surface area contributed by atoms with Gasteiger partial charge in [-0.3, -0.25) is 0 Å². The summed E-state index contributed by atoms with van der Waals surface area (Å²) in [5.41, 5.74) is 0.912. The molecule has 0 saturated carbocycles. The summed E-state index contributed by atoms with van der Waals surface area (Å²) >= 11 is 0. The Labute approximate surface area is 94.9 Å². The van der Waals surface area contributed by atoms with Crippen LogP contribution in [0.15, 0.2) is 36.9 Å². The molecule has 0 heterocycles. The number of alkyl carbamates (subject to hydrolysis) is 1. The Bertz CT molecular complexity index is 346. The minimum absolute atomic E-state index is 0.243. The van der Waals surface area contributed by atoms with E-state index >= 15 is 0 Å². The molecule has 1 aromatic rings. The summed E-state index contributed by atoms with van der Waals surface area (Å²) in [5, 5.41) is 2.52. The molecular formula is C12H15NO3. The number of ether oxygens (including phenoxy) is 2. The minimum atomic E-state index is -0.448. The van der Waals surface area contributed by atoms with E-state index in [4.69, 9.17) is 9.47 Å². The highest BCUT2D eigenvalue weighted by Gasteiger charge is 2.00. The number of hydrogen-bond donors (Lipinski definition) is 1. The van der Waals surface area contributed by atoms with Crippen LogP contribution in [-0.4, -0.2) is 19.7 Å². The second-order valence-electron chi connectivity index (χ2n) is 3.09. The highest BCUT2D eigenvalue weighted by Crippen LogP contribution is 2.11. The number of hydrogen-bond acceptors (Lipinski definition) is 3. The van der Waals surface area contributed by atoms with Crippen molar-refractivity contribution in [1.29, 1.82) is 0 Å². The van der Waals surface area contributed by atoms with Gasteiger partial charge >= 0.3 is 6.09 Å². The zero-order chi connectivity index (χ0) is 11.8. The van der Waals surface area contributed by atoms with Gasteiger partial charge in [0.1, 0.15) is 12.4 Å². The van der Waals surface area contributed by atoms with Gasteiger partial charge in [0.15, 0.2) is 0 Å². The maximum atomic E-state index is 11.1. The van der Waals surface area contributed by atoms with Gasteiger partial charge in [0.05, 0.1) is 7.11 Å². The molecule has 1 rings (SSSR count). The van der Waals surface area contributed by atoms with Crippen LogP contribution >= 0.6 is 0 Å². The summed E-state index contributed by atoms with van der Waals surface area (Å²) in [6.45, 7) is 4.13. The van der Waals surface area contributed by atoms with E-state index in [0.717, 1.165) is 11.3 Å². The first-order chi connectivity index (χ1) is 7.76. The molecule has 1 amide bonds. The first-order valence-electron chi connectivity index (χ1n) is 4.90. The number of benzene rings is 1. The van der Waals surface area contributed by atoms with Crippen molar-refractivity contribution in [1.82, 2.24) is 5.32 Å². The maximum Gasteiger partial charge on any atom is 0.407 e. The fourth-order valence-electron chi connectivity index (χ4n) is 1.08. The Morgan fingerprint density at radius 2 is 2.12 bits per heavy atom. The molecule has 0 saturated heterocycles. The fraction of sp³-hybridized carbons (Fsp3) is 0.250. The number of carbonyl (C=O) groups excluding carboxylic acids is 1. The summed E-state index contributed by atoms with van der Waals surface area (Å²) in [6, 6.07) is 7.33. The van der Waals surface area contributed by atoms with Crippen LogP contribution in [0.5, 0.6) is 5.75 Å². The van der Waals surface area contributed by atoms with Crippen LogP contribution in [0.25, 0.3) is 0 Å². The number of methoxy groups -OCH3 is 1. The van der Waals surface area contributed by atoms with Gasteiger partial charge in [-0.1, -0.05) is 18.2 Å². The molecule has 4 heteroatoms. The Morgan fingerprint density at radius 1 is 1.44 bits per heavy atom. The van der Waals surface area contributed by atoms with E-state index in [1.165, 1.54) is 0 Å². The zero-order valence-electron chi connectivity index (χ0n) is 9.23. The summed E-state index contributed by atoms with van der Waals surface area (Å²) in [6.07, 6.45) is 1.14. The van der Waals surface area contributed by atoms with Crippen LogP contribution in [-0.2, 0) is 11.3 Å². The quantitative estimate of drug-likeness (QED) is 0.774. The molecule has 4 nitrogen and oxygen atoms in total. The van der Waals surface area contributed by atoms with Crippen molar-refractivity contribution >= 4 is 6.09 Å². The van der Waals surface area contributed by atoms with E-state index in [9.17, 15) is 4.79 Å². The number of carbonyl (C=O) groups is 1. The SMILES string of the molecule is C=CCNC(=O)OCc1ccc(OC)cc1. The van der Waals surface area contributed by atoms with Crippen molar-refractivity contribution in [2.24, 2.45) is 0 Å². The van der Waals surface area contributed by atoms with Gasteiger partial charge < -0.3 is 14.8 Å². The summed E-state index contributed by atoms with van der Waals surface area (Å²) < 4.78 is 9.98. The second-order valence-corrected chi connectivity index (χ2v) is 3.09. The predicted octanol–water partition coefficient (Wildman–Crippen LogP) is 2.11. The third-order valence-corrected chi connectivity index (χ3v) is 1.92. The van der Waals surface area contributed by atoms with E-state index in [2.05, 4.69) is 11.9 Å². The Kier molecular flexibility index (Phi) is 4.92. The van der Waals surface area contributed by atoms with Crippen molar-refractivity contribution in [3.05, 3.63) is 42.5 Å². The molecule has 0 aliphatic heterocycles. The van der Waals surface area contributed by atoms with Gasteiger partial charge in [-0.2, -0.15) is 0 Å². The molecular weight excluding hydrogens is 206 g/mol. The van der Waals surface area contributed by atoms with Crippen LogP contribution in [0.2, 0.25) is 0 Å². The van der Waals surface area contributed by atoms with Gasteiger partial charge in [0.2, 0.25) is 0 Å². The van der Waals surface area contributed by atoms with E-state index in [1.807, 2.05) is 24.3 Å². The van der Waals surface area contributed by atoms with E-state index in [-0.39, 0.29) is 6.61 Å². The smallest absolute Gasteiger partial charge is 0.407 e. The largest absolute Gasteiger partial charge is 0.497 e. The molecule has 1 N–H and O–H groups in total. The van der Waals surface area contributed by atoms with Crippen molar-refractivity contribution in [2.45, 2.75) is 6.61 Å². The van der Waals surface area contributed by atoms with Gasteiger partial charge in [-0.05, 0) is 17.7 Å². The third-order valence-electron chi connectivity index (χ3n) is 1.92. The lowest BCUT2D eigenvalue weighted by Crippen LogP contribution is -2.23. The fourth-order valence-corrected chi connectivity index (χ4v) is 1.08. The van der Waals surface area contributed by atoms with Gasteiger partial charge in [-0.15, -0.1) is 6.58 Å². The second kappa shape index (κ2) is 6.50. The Balaban J connectivity index is 2.36. The van der Waals surface area contributed by atoms with Crippen LogP contribution < -0.4 is 10.1 Å². The zero-order valence-corrected chi connectivity index (χ0v) is 9.23. The van der Waals surface area contributed by atoms with Gasteiger partial charge in [0.25, 0.3) is 0 Å². The molecule has 0 unspecified atom stereocenters. The first-order valence-corrected chi connectivity index (χ1v) is 4.90. The molecule has 1 aromatic carbocycles. The van der Waals surface area contributed by atoms with E-state index in [0.29, 0.717) is 6.54 Å². The highest BCUT2D eigenvalue weighted by molar-refractivity contribution is 5.67. The average Bonchev–Trinajstić information content (AvgIpc) is 2.34. The molecule has 86 valence electrons. The van der Waals surface area contributed by atoms with Crippen LogP contribution in [0.4, 0.5) is 4.79 Å². The normalized spacial score (nSPS) is 9.31. The van der Waals surface area contributed by atoms with Crippen molar-refractivity contribution < 1.29 is 14.3 Å². The third kappa shape index (κ3) is 4.04. The lowest BCUT2D eigenvalue weighted by molar-refractivity contribution is 0.140. The number of rotatable bonds is 5. The number of nitrogens with one attached hydrogen (secondary N) is 1. The lowest BCUT2D eigenvalue weighted by atomic mass is 10.2. The summed E-state index contributed by atoms with van der Waals surface area (Å²) in [5.74, 6) is 0.778. The van der Waals surface area contributed by atoms with Gasteiger partial charge in [0, 0.05) is 6.54 Å². The molecule has 16 heavy (non-hydrogen) atoms. The minimum Gasteiger partial charge on any atom is -0.497 e. The number of amides is 1. The molecule has 0 aliphatic carbocycles. The maximum absolute atomic E-state index is 11.1. The molecule has 0 atom stereocenters. The van der Waals surface area contributed by atoms with Crippen LogP contribution in [0, 0.1) is 0 Å². The Morgan fingerprint density at radius 3 is 2.69 bits per heavy atom. The molecule has 0 fully saturated rings. The molecule has 0 aliphatic rings. The van der Waals surface area contributed by atoms with E-state index < -0.39 is 6.09 Å². The topological polar surface area (TPSA) is 47.6 Å². The lowest BCUT2D eigenvalue weighted by Gasteiger charge is -2.06. The van der Waals surface area contributed by atoms with Crippen molar-refractivity contribution in [3.8, 4) is 5.75 Å². The molecule has 0 spiro atoms. The molecule has 0 aromatic heterocycles. The Hall–Kier alpha value is -1.97. The van der Waals surface area contributed by atoms with Gasteiger partial charge in [-0.25, -0.2) is 4.79 Å². The van der Waals surface area contributed by atoms with Crippen molar-refractivity contribution in [2.75, 3.05) is 13.7 Å². The monoisotopic (exact) mass is 221 g/mol. The summed E-state index contributed by atoms with van der Waals surface area (Å²) in [4.78, 5) is 11.1. The van der Waals surface area contributed by atoms with Crippen molar-refractivity contribution in [3.63, 3.8) is 0 Å². The van der Waals surface area contributed by atoms with Crippen LogP contribution in [0.1, 0.15) is 5.56 Å². The first kappa shape index (κ1) is 12.1. The standard InChI is InChI=1S/C12H15NO3/c1-3-8-13-12(14)16-9-10-4-6-11(15-2)7-5-10/h3-7H,1,8-9H2,2H3,(H,13,14). The predicted molar refractivity (Wildman–Crippen MR) is 61.4 cm³/mol. The average molecular weight is 221 g/mol. The summed E-state index contributed by atoms with van der Waals surface area (Å²) in [7, 11) is 1.61. The highest BCUT2D eigenvalue weighted by atomic mass is 16.5. The van der Waals surface area contributed by atoms with Crippen LogP contribution in [0.3, 0.4) is 0 Å².